The van der Waals surface area contributed by atoms with Gasteiger partial charge in [-0.2, -0.15) is 8.75 Å². The normalized spacial score (nSPS) is 10.5. The molecule has 0 saturated heterocycles. The third-order valence-corrected chi connectivity index (χ3v) is 2.76. The minimum absolute atomic E-state index is 0.205. The number of rotatable bonds is 1. The largest absolute Gasteiger partial charge is 0.206 e. The van der Waals surface area contributed by atoms with Gasteiger partial charge >= 0.3 is 0 Å². The van der Waals surface area contributed by atoms with Gasteiger partial charge < -0.3 is 0 Å². The van der Waals surface area contributed by atoms with Crippen LogP contribution in [0.4, 0.5) is 4.39 Å². The molecule has 0 aliphatic heterocycles. The van der Waals surface area contributed by atoms with E-state index in [1.165, 1.54) is 12.1 Å². The number of hydrogen-bond donors (Lipinski definition) is 0. The van der Waals surface area contributed by atoms with E-state index < -0.39 is 5.82 Å². The van der Waals surface area contributed by atoms with E-state index in [-0.39, 0.29) is 5.15 Å². The summed E-state index contributed by atoms with van der Waals surface area (Å²) in [6.45, 7) is 0. The van der Waals surface area contributed by atoms with Crippen LogP contribution in [-0.2, 0) is 0 Å². The minimum Gasteiger partial charge on any atom is -0.206 e. The molecule has 0 fully saturated rings. The lowest BCUT2D eigenvalue weighted by Crippen LogP contribution is -1.84. The van der Waals surface area contributed by atoms with Gasteiger partial charge in [0.2, 0.25) is 0 Å². The summed E-state index contributed by atoms with van der Waals surface area (Å²) in [5.74, 6) is -0.452. The van der Waals surface area contributed by atoms with Crippen molar-refractivity contribution in [3.05, 3.63) is 34.2 Å². The molecule has 0 saturated carbocycles. The predicted molar refractivity (Wildman–Crippen MR) is 55.3 cm³/mol. The maximum absolute atomic E-state index is 13.4. The summed E-state index contributed by atoms with van der Waals surface area (Å²) in [7, 11) is 0. The quantitative estimate of drug-likeness (QED) is 0.770. The van der Waals surface area contributed by atoms with E-state index in [0.717, 1.165) is 11.7 Å². The summed E-state index contributed by atoms with van der Waals surface area (Å²) in [5.41, 5.74) is 0.666. The van der Waals surface area contributed by atoms with Crippen molar-refractivity contribution in [2.45, 2.75) is 0 Å². The molecule has 0 aliphatic rings. The van der Waals surface area contributed by atoms with E-state index >= 15 is 0 Å². The van der Waals surface area contributed by atoms with Gasteiger partial charge in [0.15, 0.2) is 5.15 Å². The molecule has 1 aromatic heterocycles. The lowest BCUT2D eigenvalue weighted by molar-refractivity contribution is 0.631. The van der Waals surface area contributed by atoms with E-state index in [0.29, 0.717) is 16.3 Å². The SMILES string of the molecule is Fc1cc(Cl)ccc1-c1nsnc1Cl. The molecule has 0 bridgehead atoms. The number of halogens is 3. The lowest BCUT2D eigenvalue weighted by atomic mass is 10.1. The van der Waals surface area contributed by atoms with Gasteiger partial charge in [-0.25, -0.2) is 4.39 Å². The minimum atomic E-state index is -0.452. The van der Waals surface area contributed by atoms with Crippen molar-refractivity contribution in [1.82, 2.24) is 8.75 Å². The average Bonchev–Trinajstić information content (AvgIpc) is 2.52. The van der Waals surface area contributed by atoms with Gasteiger partial charge in [0, 0.05) is 10.6 Å². The zero-order valence-corrected chi connectivity index (χ0v) is 9.00. The molecule has 0 spiro atoms. The highest BCUT2D eigenvalue weighted by Gasteiger charge is 2.12. The Morgan fingerprint density at radius 1 is 1.21 bits per heavy atom. The fourth-order valence-electron chi connectivity index (χ4n) is 1.02. The van der Waals surface area contributed by atoms with Crippen molar-refractivity contribution in [1.29, 1.82) is 0 Å². The summed E-state index contributed by atoms with van der Waals surface area (Å²) in [6.07, 6.45) is 0. The van der Waals surface area contributed by atoms with Crippen LogP contribution in [-0.4, -0.2) is 8.75 Å². The maximum atomic E-state index is 13.4. The second-order valence-electron chi connectivity index (χ2n) is 2.53. The molecule has 0 atom stereocenters. The van der Waals surface area contributed by atoms with Gasteiger partial charge in [-0.1, -0.05) is 23.2 Å². The summed E-state index contributed by atoms with van der Waals surface area (Å²) in [4.78, 5) is 0. The summed E-state index contributed by atoms with van der Waals surface area (Å²) in [6, 6.07) is 4.32. The van der Waals surface area contributed by atoms with Crippen molar-refractivity contribution in [2.75, 3.05) is 0 Å². The van der Waals surface area contributed by atoms with Crippen LogP contribution >= 0.6 is 34.9 Å². The third kappa shape index (κ3) is 1.73. The van der Waals surface area contributed by atoms with Crippen molar-refractivity contribution in [3.8, 4) is 11.3 Å². The first-order valence-corrected chi connectivity index (χ1v) is 5.10. The van der Waals surface area contributed by atoms with Gasteiger partial charge in [-0.3, -0.25) is 0 Å². The molecule has 2 nitrogen and oxygen atoms in total. The van der Waals surface area contributed by atoms with E-state index in [1.807, 2.05) is 0 Å². The van der Waals surface area contributed by atoms with E-state index in [2.05, 4.69) is 8.75 Å². The molecule has 2 rings (SSSR count). The lowest BCUT2D eigenvalue weighted by Gasteiger charge is -1.99. The zero-order chi connectivity index (χ0) is 10.1. The molecule has 0 aliphatic carbocycles. The molecule has 0 unspecified atom stereocenters. The second-order valence-corrected chi connectivity index (χ2v) is 3.85. The van der Waals surface area contributed by atoms with Gasteiger partial charge in [0.05, 0.1) is 11.7 Å². The molecule has 2 aromatic rings. The van der Waals surface area contributed by atoms with Gasteiger partial charge in [-0.15, -0.1) is 0 Å². The first-order valence-electron chi connectivity index (χ1n) is 3.62. The Labute approximate surface area is 93.6 Å². The smallest absolute Gasteiger partial charge is 0.170 e. The van der Waals surface area contributed by atoms with E-state index in [9.17, 15) is 4.39 Å². The Morgan fingerprint density at radius 3 is 2.57 bits per heavy atom. The van der Waals surface area contributed by atoms with Crippen molar-refractivity contribution < 1.29 is 4.39 Å². The Morgan fingerprint density at radius 2 is 2.00 bits per heavy atom. The highest BCUT2D eigenvalue weighted by atomic mass is 35.5. The molecular weight excluding hydrogens is 246 g/mol. The zero-order valence-electron chi connectivity index (χ0n) is 6.67. The summed E-state index contributed by atoms with van der Waals surface area (Å²) in [5, 5.41) is 0.543. The maximum Gasteiger partial charge on any atom is 0.170 e. The molecule has 14 heavy (non-hydrogen) atoms. The third-order valence-electron chi connectivity index (χ3n) is 1.63. The topological polar surface area (TPSA) is 25.8 Å². The molecular formula is C8H3Cl2FN2S. The van der Waals surface area contributed by atoms with Crippen LogP contribution in [0.2, 0.25) is 10.2 Å². The monoisotopic (exact) mass is 248 g/mol. The first kappa shape index (κ1) is 9.83. The van der Waals surface area contributed by atoms with Gasteiger partial charge in [0.1, 0.15) is 11.5 Å². The van der Waals surface area contributed by atoms with Crippen LogP contribution in [0.25, 0.3) is 11.3 Å². The molecule has 72 valence electrons. The molecule has 6 heteroatoms. The highest BCUT2D eigenvalue weighted by Crippen LogP contribution is 2.29. The Bertz CT molecular complexity index is 472. The number of nitrogens with zero attached hydrogens (tertiary/aromatic N) is 2. The molecule has 0 amide bonds. The number of benzene rings is 1. The average molecular weight is 249 g/mol. The number of hydrogen-bond acceptors (Lipinski definition) is 3. The predicted octanol–water partition coefficient (Wildman–Crippen LogP) is 3.65. The van der Waals surface area contributed by atoms with Crippen LogP contribution in [0.3, 0.4) is 0 Å². The molecule has 0 N–H and O–H groups in total. The van der Waals surface area contributed by atoms with Crippen molar-refractivity contribution in [3.63, 3.8) is 0 Å². The fraction of sp³-hybridized carbons (Fsp3) is 0. The van der Waals surface area contributed by atoms with Crippen molar-refractivity contribution in [2.24, 2.45) is 0 Å². The molecule has 0 radical (unpaired) electrons. The Balaban J connectivity index is 2.58. The van der Waals surface area contributed by atoms with Crippen LogP contribution in [0, 0.1) is 5.82 Å². The Hall–Kier alpha value is -0.710. The summed E-state index contributed by atoms with van der Waals surface area (Å²) < 4.78 is 21.0. The summed E-state index contributed by atoms with van der Waals surface area (Å²) >= 11 is 12.3. The van der Waals surface area contributed by atoms with E-state index in [1.54, 1.807) is 6.07 Å². The standard InChI is InChI=1S/C8H3Cl2FN2S/c9-4-1-2-5(6(11)3-4)7-8(10)13-14-12-7/h1-3H. The van der Waals surface area contributed by atoms with Crippen LogP contribution in [0.15, 0.2) is 18.2 Å². The van der Waals surface area contributed by atoms with Crippen LogP contribution in [0.5, 0.6) is 0 Å². The van der Waals surface area contributed by atoms with E-state index in [4.69, 9.17) is 23.2 Å². The Kier molecular flexibility index (Phi) is 2.67. The highest BCUT2D eigenvalue weighted by molar-refractivity contribution is 6.99. The van der Waals surface area contributed by atoms with Gasteiger partial charge in [-0.05, 0) is 18.2 Å². The van der Waals surface area contributed by atoms with Crippen LogP contribution < -0.4 is 0 Å². The van der Waals surface area contributed by atoms with Crippen molar-refractivity contribution >= 4 is 34.9 Å². The van der Waals surface area contributed by atoms with Gasteiger partial charge in [0.25, 0.3) is 0 Å². The van der Waals surface area contributed by atoms with Crippen LogP contribution in [0.1, 0.15) is 0 Å². The number of aromatic nitrogens is 2. The fourth-order valence-corrected chi connectivity index (χ4v) is 1.93. The molecule has 1 heterocycles. The molecule has 1 aromatic carbocycles. The first-order chi connectivity index (χ1) is 6.68. The second kappa shape index (κ2) is 3.81.